The second-order valence-electron chi connectivity index (χ2n) is 11.6. The van der Waals surface area contributed by atoms with E-state index >= 15 is 0 Å². The summed E-state index contributed by atoms with van der Waals surface area (Å²) in [6, 6.07) is 27.7. The zero-order valence-corrected chi connectivity index (χ0v) is 27.7. The van der Waals surface area contributed by atoms with Gasteiger partial charge < -0.3 is 14.8 Å². The number of aromatic hydroxyl groups is 1. The van der Waals surface area contributed by atoms with Crippen molar-refractivity contribution in [2.45, 2.75) is 0 Å². The van der Waals surface area contributed by atoms with Crippen molar-refractivity contribution in [3.63, 3.8) is 0 Å². The normalized spacial score (nSPS) is 10.5. The Labute approximate surface area is 304 Å². The molecular formula is C43H24F4N2O5. The highest BCUT2D eigenvalue weighted by Gasteiger charge is 2.17. The van der Waals surface area contributed by atoms with Crippen LogP contribution in [0.3, 0.4) is 0 Å². The zero-order chi connectivity index (χ0) is 38.5. The molecule has 7 rings (SSSR count). The van der Waals surface area contributed by atoms with Crippen molar-refractivity contribution in [3.8, 4) is 58.4 Å². The number of carbonyl (C=O) groups is 1. The first-order valence-corrected chi connectivity index (χ1v) is 15.8. The van der Waals surface area contributed by atoms with E-state index in [-0.39, 0.29) is 39.1 Å². The SMILES string of the molecule is C#Cc1cccc(-n2c(=O)oc3ccc(-c4ccc(F)cc4F)cc3c2=O)c1.C#Cc1cccc(NC(=O)c2cc(-c3ccc(F)cc3F)ccc2O)c1. The van der Waals surface area contributed by atoms with Crippen LogP contribution in [0, 0.1) is 48.0 Å². The highest BCUT2D eigenvalue weighted by molar-refractivity contribution is 6.07. The van der Waals surface area contributed by atoms with Crippen molar-refractivity contribution >= 4 is 22.6 Å². The Morgan fingerprint density at radius 1 is 0.685 bits per heavy atom. The fraction of sp³-hybridized carbons (Fsp3) is 0. The number of halogens is 4. The van der Waals surface area contributed by atoms with Gasteiger partial charge in [0.1, 0.15) is 34.6 Å². The monoisotopic (exact) mass is 724 g/mol. The summed E-state index contributed by atoms with van der Waals surface area (Å²) in [5.74, 6) is 0.254. The van der Waals surface area contributed by atoms with E-state index in [1.54, 1.807) is 42.5 Å². The molecule has 0 aliphatic carbocycles. The molecule has 0 saturated heterocycles. The smallest absolute Gasteiger partial charge is 0.426 e. The van der Waals surface area contributed by atoms with Gasteiger partial charge in [0.05, 0.1) is 16.6 Å². The molecule has 2 N–H and O–H groups in total. The molecule has 0 atom stereocenters. The third-order valence-corrected chi connectivity index (χ3v) is 8.08. The summed E-state index contributed by atoms with van der Waals surface area (Å²) >= 11 is 0. The number of carbonyl (C=O) groups excluding carboxylic acids is 1. The van der Waals surface area contributed by atoms with Crippen LogP contribution >= 0.6 is 0 Å². The first-order chi connectivity index (χ1) is 25.9. The van der Waals surface area contributed by atoms with Crippen molar-refractivity contribution in [1.29, 1.82) is 0 Å². The standard InChI is InChI=1S/C22H11F2NO3.C21H13F2NO2/c1-2-13-4-3-5-16(10-13)25-21(26)18-11-14(6-9-20(18)28-22(25)27)17-8-7-15(23)12-19(17)24;1-2-13-4-3-5-16(10-13)24-21(26)18-11-14(6-9-20(18)25)17-8-7-15(22)12-19(17)23/h1,3-12H;1,3-12,25H,(H,24,26). The average molecular weight is 725 g/mol. The number of terminal acetylenes is 2. The Kier molecular flexibility index (Phi) is 10.3. The molecule has 0 spiro atoms. The predicted octanol–water partition coefficient (Wildman–Crippen LogP) is 8.44. The summed E-state index contributed by atoms with van der Waals surface area (Å²) in [6.07, 6.45) is 10.7. The summed E-state index contributed by atoms with van der Waals surface area (Å²) in [5, 5.41) is 12.7. The quantitative estimate of drug-likeness (QED) is 0.137. The summed E-state index contributed by atoms with van der Waals surface area (Å²) in [6.45, 7) is 0. The van der Waals surface area contributed by atoms with Gasteiger partial charge in [-0.2, -0.15) is 0 Å². The minimum atomic E-state index is -0.868. The molecule has 0 unspecified atom stereocenters. The highest BCUT2D eigenvalue weighted by atomic mass is 19.1. The first kappa shape index (κ1) is 36.2. The first-order valence-electron chi connectivity index (χ1n) is 15.8. The number of fused-ring (bicyclic) bond motifs is 1. The highest BCUT2D eigenvalue weighted by Crippen LogP contribution is 2.29. The molecule has 11 heteroatoms. The van der Waals surface area contributed by atoms with E-state index in [1.807, 2.05) is 0 Å². The lowest BCUT2D eigenvalue weighted by Crippen LogP contribution is -2.31. The maximum absolute atomic E-state index is 14.1. The topological polar surface area (TPSA) is 102 Å². The van der Waals surface area contributed by atoms with Crippen LogP contribution in [0.15, 0.2) is 135 Å². The molecule has 6 aromatic carbocycles. The Hall–Kier alpha value is -7.63. The van der Waals surface area contributed by atoms with Crippen LogP contribution < -0.4 is 16.6 Å². The van der Waals surface area contributed by atoms with Crippen molar-refractivity contribution in [1.82, 2.24) is 4.57 Å². The van der Waals surface area contributed by atoms with E-state index in [1.165, 1.54) is 54.6 Å². The number of nitrogens with one attached hydrogen (secondary N) is 1. The molecule has 0 aliphatic heterocycles. The van der Waals surface area contributed by atoms with E-state index in [0.29, 0.717) is 27.9 Å². The summed E-state index contributed by atoms with van der Waals surface area (Å²) in [5.41, 5.74) is 2.11. The molecule has 7 nitrogen and oxygen atoms in total. The minimum Gasteiger partial charge on any atom is -0.507 e. The van der Waals surface area contributed by atoms with Gasteiger partial charge in [0.25, 0.3) is 11.5 Å². The fourth-order valence-electron chi connectivity index (χ4n) is 5.47. The number of anilines is 1. The number of amides is 1. The van der Waals surface area contributed by atoms with E-state index in [9.17, 15) is 37.1 Å². The van der Waals surface area contributed by atoms with Crippen LogP contribution in [0.25, 0.3) is 38.9 Å². The number of benzene rings is 6. The lowest BCUT2D eigenvalue weighted by molar-refractivity contribution is 0.102. The van der Waals surface area contributed by atoms with Gasteiger partial charge in [-0.05, 0) is 96.1 Å². The van der Waals surface area contributed by atoms with E-state index in [2.05, 4.69) is 17.2 Å². The van der Waals surface area contributed by atoms with E-state index in [4.69, 9.17) is 17.3 Å². The average Bonchev–Trinajstić information content (AvgIpc) is 3.15. The Balaban J connectivity index is 0.000000185. The van der Waals surface area contributed by atoms with Crippen LogP contribution in [0.4, 0.5) is 23.2 Å². The number of hydrogen-bond acceptors (Lipinski definition) is 5. The predicted molar refractivity (Wildman–Crippen MR) is 197 cm³/mol. The summed E-state index contributed by atoms with van der Waals surface area (Å²) in [7, 11) is 0. The lowest BCUT2D eigenvalue weighted by atomic mass is 10.0. The molecule has 264 valence electrons. The van der Waals surface area contributed by atoms with Gasteiger partial charge >= 0.3 is 5.76 Å². The summed E-state index contributed by atoms with van der Waals surface area (Å²) in [4.78, 5) is 37.8. The molecule has 0 saturated carbocycles. The van der Waals surface area contributed by atoms with Gasteiger partial charge in [0, 0.05) is 40.1 Å². The molecule has 1 heterocycles. The van der Waals surface area contributed by atoms with Crippen molar-refractivity contribution in [2.75, 3.05) is 5.32 Å². The van der Waals surface area contributed by atoms with Crippen molar-refractivity contribution in [2.24, 2.45) is 0 Å². The van der Waals surface area contributed by atoms with Gasteiger partial charge in [-0.15, -0.1) is 12.8 Å². The molecular weight excluding hydrogens is 700 g/mol. The number of rotatable bonds is 5. The van der Waals surface area contributed by atoms with Gasteiger partial charge in [-0.1, -0.05) is 36.1 Å². The molecule has 1 amide bonds. The van der Waals surface area contributed by atoms with E-state index < -0.39 is 40.5 Å². The second-order valence-corrected chi connectivity index (χ2v) is 11.6. The molecule has 0 fully saturated rings. The number of hydrogen-bond donors (Lipinski definition) is 2. The van der Waals surface area contributed by atoms with Crippen LogP contribution in [0.1, 0.15) is 21.5 Å². The molecule has 7 aromatic rings. The fourth-order valence-corrected chi connectivity index (χ4v) is 5.47. The zero-order valence-electron chi connectivity index (χ0n) is 27.7. The summed E-state index contributed by atoms with van der Waals surface area (Å²) < 4.78 is 60.4. The Bertz CT molecular complexity index is 2810. The number of phenols is 1. The minimum absolute atomic E-state index is 0.0441. The van der Waals surface area contributed by atoms with Crippen LogP contribution in [0.2, 0.25) is 0 Å². The van der Waals surface area contributed by atoms with Crippen molar-refractivity contribution in [3.05, 3.63) is 182 Å². The third-order valence-electron chi connectivity index (χ3n) is 8.08. The largest absolute Gasteiger partial charge is 0.507 e. The number of phenolic OH excluding ortho intramolecular Hbond substituents is 1. The molecule has 0 bridgehead atoms. The molecule has 1 aromatic heterocycles. The van der Waals surface area contributed by atoms with Crippen molar-refractivity contribution < 1.29 is 31.9 Å². The number of nitrogens with zero attached hydrogens (tertiary/aromatic N) is 1. The maximum Gasteiger partial charge on any atom is 0.426 e. The van der Waals surface area contributed by atoms with Crippen LogP contribution in [-0.2, 0) is 0 Å². The second kappa shape index (κ2) is 15.3. The lowest BCUT2D eigenvalue weighted by Gasteiger charge is -2.10. The number of aromatic nitrogens is 1. The third kappa shape index (κ3) is 7.66. The molecule has 0 radical (unpaired) electrons. The van der Waals surface area contributed by atoms with Gasteiger partial charge in [0.2, 0.25) is 0 Å². The Morgan fingerprint density at radius 3 is 1.91 bits per heavy atom. The maximum atomic E-state index is 14.1. The van der Waals surface area contributed by atoms with E-state index in [0.717, 1.165) is 28.8 Å². The van der Waals surface area contributed by atoms with Crippen LogP contribution in [0.5, 0.6) is 5.75 Å². The van der Waals surface area contributed by atoms with Gasteiger partial charge in [0.15, 0.2) is 0 Å². The molecule has 54 heavy (non-hydrogen) atoms. The Morgan fingerprint density at radius 2 is 1.28 bits per heavy atom. The van der Waals surface area contributed by atoms with Gasteiger partial charge in [-0.3, -0.25) is 9.59 Å². The van der Waals surface area contributed by atoms with Gasteiger partial charge in [-0.25, -0.2) is 26.9 Å². The molecule has 0 aliphatic rings. The van der Waals surface area contributed by atoms with Crippen LogP contribution in [-0.4, -0.2) is 15.6 Å².